The molecule has 126 valence electrons. The Morgan fingerprint density at radius 2 is 2.00 bits per heavy atom. The van der Waals surface area contributed by atoms with Crippen molar-refractivity contribution in [3.8, 4) is 11.6 Å². The maximum Gasteiger partial charge on any atom is 0.259 e. The Hall–Kier alpha value is -2.63. The summed E-state index contributed by atoms with van der Waals surface area (Å²) in [6.07, 6.45) is 5.05. The highest BCUT2D eigenvalue weighted by atomic mass is 16.5. The molecule has 24 heavy (non-hydrogen) atoms. The first-order valence-electron chi connectivity index (χ1n) is 8.05. The van der Waals surface area contributed by atoms with E-state index in [2.05, 4.69) is 9.97 Å². The van der Waals surface area contributed by atoms with Crippen LogP contribution in [0.15, 0.2) is 36.7 Å². The fourth-order valence-corrected chi connectivity index (χ4v) is 2.78. The topological polar surface area (TPSA) is 64.5 Å². The highest BCUT2D eigenvalue weighted by molar-refractivity contribution is 5.96. The molecule has 1 amide bonds. The molecule has 0 radical (unpaired) electrons. The van der Waals surface area contributed by atoms with Crippen molar-refractivity contribution in [1.29, 1.82) is 0 Å². The summed E-state index contributed by atoms with van der Waals surface area (Å²) in [6, 6.07) is 7.35. The number of rotatable bonds is 4. The zero-order valence-corrected chi connectivity index (χ0v) is 13.9. The van der Waals surface area contributed by atoms with Gasteiger partial charge in [0.15, 0.2) is 0 Å². The number of amides is 1. The lowest BCUT2D eigenvalue weighted by Crippen LogP contribution is -2.42. The fourth-order valence-electron chi connectivity index (χ4n) is 2.78. The Kier molecular flexibility index (Phi) is 4.93. The molecule has 0 N–H and O–H groups in total. The number of carbonyl (C=O) groups is 1. The smallest absolute Gasteiger partial charge is 0.259 e. The van der Waals surface area contributed by atoms with Gasteiger partial charge in [-0.2, -0.15) is 0 Å². The normalized spacial score (nSPS) is 15.2. The summed E-state index contributed by atoms with van der Waals surface area (Å²) >= 11 is 0. The lowest BCUT2D eigenvalue weighted by Gasteiger charge is -2.32. The molecule has 0 atom stereocenters. The predicted molar refractivity (Wildman–Crippen MR) is 89.3 cm³/mol. The number of hydrogen-bond donors (Lipinski definition) is 0. The number of carbonyl (C=O) groups excluding carboxylic acids is 1. The van der Waals surface area contributed by atoms with E-state index in [4.69, 9.17) is 9.47 Å². The summed E-state index contributed by atoms with van der Waals surface area (Å²) in [5.74, 6) is 1.10. The minimum Gasteiger partial charge on any atom is -0.489 e. The lowest BCUT2D eigenvalue weighted by molar-refractivity contribution is 0.0591. The van der Waals surface area contributed by atoms with E-state index in [0.717, 1.165) is 24.3 Å². The zero-order valence-electron chi connectivity index (χ0n) is 13.9. The third-order valence-corrected chi connectivity index (χ3v) is 4.11. The molecule has 0 unspecified atom stereocenters. The van der Waals surface area contributed by atoms with Gasteiger partial charge in [0, 0.05) is 37.8 Å². The second-order valence-electron chi connectivity index (χ2n) is 5.80. The molecule has 1 fully saturated rings. The van der Waals surface area contributed by atoms with Crippen molar-refractivity contribution in [2.24, 2.45) is 0 Å². The van der Waals surface area contributed by atoms with E-state index in [1.165, 1.54) is 7.11 Å². The first-order valence-corrected chi connectivity index (χ1v) is 8.05. The van der Waals surface area contributed by atoms with Crippen LogP contribution < -0.4 is 9.47 Å². The van der Waals surface area contributed by atoms with Crippen molar-refractivity contribution >= 4 is 5.91 Å². The molecular formula is C18H21N3O3. The maximum absolute atomic E-state index is 12.6. The predicted octanol–water partition coefficient (Wildman–Crippen LogP) is 2.48. The van der Waals surface area contributed by atoms with E-state index in [0.29, 0.717) is 24.5 Å². The first-order chi connectivity index (χ1) is 11.7. The monoisotopic (exact) mass is 327 g/mol. The van der Waals surface area contributed by atoms with Gasteiger partial charge in [0.05, 0.1) is 13.3 Å². The van der Waals surface area contributed by atoms with E-state index in [1.807, 2.05) is 24.0 Å². The fraction of sp³-hybridized carbons (Fsp3) is 0.389. The quantitative estimate of drug-likeness (QED) is 0.863. The Labute approximate surface area is 141 Å². The van der Waals surface area contributed by atoms with Gasteiger partial charge in [0.1, 0.15) is 17.4 Å². The Morgan fingerprint density at radius 1 is 1.21 bits per heavy atom. The van der Waals surface area contributed by atoms with E-state index >= 15 is 0 Å². The minimum absolute atomic E-state index is 0.0459. The number of hydrogen-bond acceptors (Lipinski definition) is 5. The van der Waals surface area contributed by atoms with Gasteiger partial charge >= 0.3 is 0 Å². The molecule has 0 saturated carbocycles. The zero-order chi connectivity index (χ0) is 16.9. The number of aryl methyl sites for hydroxylation is 1. The highest BCUT2D eigenvalue weighted by Crippen LogP contribution is 2.22. The largest absolute Gasteiger partial charge is 0.489 e. The SMILES string of the molecule is COc1ncccc1C(=O)N1CCC(Oc2ccc(C)nc2)CC1. The molecule has 2 aromatic heterocycles. The summed E-state index contributed by atoms with van der Waals surface area (Å²) in [5.41, 5.74) is 1.47. The van der Waals surface area contributed by atoms with Gasteiger partial charge in [-0.25, -0.2) is 4.98 Å². The molecule has 2 aromatic rings. The summed E-state index contributed by atoms with van der Waals surface area (Å²) < 4.78 is 11.1. The molecule has 3 heterocycles. The van der Waals surface area contributed by atoms with Crippen molar-refractivity contribution in [2.75, 3.05) is 20.2 Å². The van der Waals surface area contributed by atoms with Crippen LogP contribution in [-0.4, -0.2) is 47.1 Å². The van der Waals surface area contributed by atoms with Gasteiger partial charge in [-0.1, -0.05) is 0 Å². The van der Waals surface area contributed by atoms with Gasteiger partial charge < -0.3 is 14.4 Å². The number of piperidine rings is 1. The summed E-state index contributed by atoms with van der Waals surface area (Å²) in [7, 11) is 1.52. The van der Waals surface area contributed by atoms with Crippen LogP contribution in [0.1, 0.15) is 28.9 Å². The van der Waals surface area contributed by atoms with E-state index in [-0.39, 0.29) is 12.0 Å². The molecular weight excluding hydrogens is 306 g/mol. The van der Waals surface area contributed by atoms with Crippen LogP contribution in [0, 0.1) is 6.92 Å². The second kappa shape index (κ2) is 7.29. The van der Waals surface area contributed by atoms with Crippen LogP contribution in [0.2, 0.25) is 0 Å². The molecule has 6 nitrogen and oxygen atoms in total. The molecule has 0 spiro atoms. The molecule has 6 heteroatoms. The first kappa shape index (κ1) is 16.2. The van der Waals surface area contributed by atoms with Crippen molar-refractivity contribution in [3.63, 3.8) is 0 Å². The third-order valence-electron chi connectivity index (χ3n) is 4.11. The van der Waals surface area contributed by atoms with Gasteiger partial charge in [0.25, 0.3) is 5.91 Å². The molecule has 3 rings (SSSR count). The van der Waals surface area contributed by atoms with Crippen LogP contribution in [0.25, 0.3) is 0 Å². The number of ether oxygens (including phenoxy) is 2. The van der Waals surface area contributed by atoms with Crippen LogP contribution in [0.5, 0.6) is 11.6 Å². The van der Waals surface area contributed by atoms with Gasteiger partial charge in [0.2, 0.25) is 5.88 Å². The van der Waals surface area contributed by atoms with Crippen LogP contribution in [-0.2, 0) is 0 Å². The van der Waals surface area contributed by atoms with Crippen molar-refractivity contribution in [1.82, 2.24) is 14.9 Å². The van der Waals surface area contributed by atoms with Gasteiger partial charge in [-0.3, -0.25) is 9.78 Å². The summed E-state index contributed by atoms with van der Waals surface area (Å²) in [6.45, 7) is 3.25. The van der Waals surface area contributed by atoms with E-state index in [1.54, 1.807) is 24.5 Å². The summed E-state index contributed by atoms with van der Waals surface area (Å²) in [4.78, 5) is 22.8. The average Bonchev–Trinajstić information content (AvgIpc) is 2.63. The molecule has 1 aliphatic rings. The average molecular weight is 327 g/mol. The Bertz CT molecular complexity index is 695. The van der Waals surface area contributed by atoms with Gasteiger partial charge in [-0.15, -0.1) is 0 Å². The van der Waals surface area contributed by atoms with Crippen molar-refractivity contribution in [3.05, 3.63) is 47.9 Å². The lowest BCUT2D eigenvalue weighted by atomic mass is 10.1. The Balaban J connectivity index is 1.58. The van der Waals surface area contributed by atoms with Crippen molar-refractivity contribution < 1.29 is 14.3 Å². The van der Waals surface area contributed by atoms with Crippen LogP contribution in [0.4, 0.5) is 0 Å². The van der Waals surface area contributed by atoms with E-state index in [9.17, 15) is 4.79 Å². The molecule has 1 aliphatic heterocycles. The van der Waals surface area contributed by atoms with Gasteiger partial charge in [-0.05, 0) is 31.2 Å². The molecule has 0 bridgehead atoms. The maximum atomic E-state index is 12.6. The number of aromatic nitrogens is 2. The number of nitrogens with zero attached hydrogens (tertiary/aromatic N) is 3. The second-order valence-corrected chi connectivity index (χ2v) is 5.80. The molecule has 0 aliphatic carbocycles. The van der Waals surface area contributed by atoms with Crippen molar-refractivity contribution in [2.45, 2.75) is 25.9 Å². The standard InChI is InChI=1S/C18H21N3O3/c1-13-5-6-15(12-20-13)24-14-7-10-21(11-8-14)18(22)16-4-3-9-19-17(16)23-2/h3-6,9,12,14H,7-8,10-11H2,1-2H3. The number of pyridine rings is 2. The highest BCUT2D eigenvalue weighted by Gasteiger charge is 2.26. The van der Waals surface area contributed by atoms with Crippen LogP contribution in [0.3, 0.4) is 0 Å². The number of likely N-dealkylation sites (tertiary alicyclic amines) is 1. The molecule has 0 aromatic carbocycles. The van der Waals surface area contributed by atoms with Crippen LogP contribution >= 0.6 is 0 Å². The third kappa shape index (κ3) is 3.64. The number of methoxy groups -OCH3 is 1. The molecule has 1 saturated heterocycles. The Morgan fingerprint density at radius 3 is 2.67 bits per heavy atom. The minimum atomic E-state index is -0.0459. The summed E-state index contributed by atoms with van der Waals surface area (Å²) in [5, 5.41) is 0. The van der Waals surface area contributed by atoms with E-state index < -0.39 is 0 Å².